The first-order chi connectivity index (χ1) is 8.88. The summed E-state index contributed by atoms with van der Waals surface area (Å²) in [6.45, 7) is 3.49. The van der Waals surface area contributed by atoms with Gasteiger partial charge >= 0.3 is 0 Å². The summed E-state index contributed by atoms with van der Waals surface area (Å²) < 4.78 is 12.3. The van der Waals surface area contributed by atoms with E-state index >= 15 is 0 Å². The van der Waals surface area contributed by atoms with Gasteiger partial charge in [-0.3, -0.25) is 0 Å². The Kier molecular flexibility index (Phi) is 4.25. The zero-order valence-electron chi connectivity index (χ0n) is 10.7. The molecule has 0 unspecified atom stereocenters. The number of hydrogen-bond donors (Lipinski definition) is 1. The van der Waals surface area contributed by atoms with Crippen LogP contribution in [0.3, 0.4) is 0 Å². The molecule has 19 heavy (non-hydrogen) atoms. The lowest BCUT2D eigenvalue weighted by molar-refractivity contribution is 0.588. The van der Waals surface area contributed by atoms with Crippen LogP contribution in [0, 0.1) is 0 Å². The van der Waals surface area contributed by atoms with Crippen molar-refractivity contribution in [3.63, 3.8) is 0 Å². The number of rotatable bonds is 3. The van der Waals surface area contributed by atoms with Crippen LogP contribution < -0.4 is 10.6 Å². The lowest BCUT2D eigenvalue weighted by Gasteiger charge is -2.16. The minimum Gasteiger partial charge on any atom is -0.354 e. The molecular weight excluding hydrogens is 300 g/mol. The van der Waals surface area contributed by atoms with Gasteiger partial charge in [-0.25, -0.2) is 0 Å². The minimum absolute atomic E-state index is 0.571. The summed E-state index contributed by atoms with van der Waals surface area (Å²) in [7, 11) is -2.36. The first-order valence-electron chi connectivity index (χ1n) is 5.74. The maximum absolute atomic E-state index is 12.3. The van der Waals surface area contributed by atoms with Crippen molar-refractivity contribution in [3.8, 4) is 0 Å². The molecule has 0 aromatic heterocycles. The fourth-order valence-electron chi connectivity index (χ4n) is 1.79. The average Bonchev–Trinajstić information content (AvgIpc) is 2.33. The summed E-state index contributed by atoms with van der Waals surface area (Å²) in [6.07, 6.45) is 0. The van der Waals surface area contributed by atoms with Crippen molar-refractivity contribution >= 4 is 47.0 Å². The Labute approximate surface area is 123 Å². The number of hydrogen-bond acceptors (Lipinski definition) is 2. The van der Waals surface area contributed by atoms with Crippen molar-refractivity contribution in [1.82, 2.24) is 0 Å². The second-order valence-corrected chi connectivity index (χ2v) is 8.64. The van der Waals surface area contributed by atoms with Crippen LogP contribution in [0.4, 0.5) is 11.4 Å². The molecule has 100 valence electrons. The van der Waals surface area contributed by atoms with E-state index in [0.29, 0.717) is 15.7 Å². The van der Waals surface area contributed by atoms with E-state index in [4.69, 9.17) is 23.2 Å². The van der Waals surface area contributed by atoms with E-state index in [1.807, 2.05) is 24.3 Å². The van der Waals surface area contributed by atoms with Crippen molar-refractivity contribution in [3.05, 3.63) is 52.5 Å². The molecule has 0 heterocycles. The molecule has 0 bridgehead atoms. The zero-order valence-corrected chi connectivity index (χ0v) is 13.1. The van der Waals surface area contributed by atoms with E-state index in [2.05, 4.69) is 5.32 Å². The van der Waals surface area contributed by atoms with Crippen LogP contribution in [0.5, 0.6) is 0 Å². The van der Waals surface area contributed by atoms with E-state index < -0.39 is 7.14 Å². The Morgan fingerprint density at radius 3 is 2.37 bits per heavy atom. The van der Waals surface area contributed by atoms with Crippen LogP contribution in [-0.4, -0.2) is 13.3 Å². The van der Waals surface area contributed by atoms with Gasteiger partial charge in [0, 0.05) is 16.0 Å². The molecule has 0 atom stereocenters. The van der Waals surface area contributed by atoms with Gasteiger partial charge in [-0.15, -0.1) is 0 Å². The molecule has 2 aromatic rings. The molecule has 1 N–H and O–H groups in total. The van der Waals surface area contributed by atoms with Gasteiger partial charge in [0.15, 0.2) is 0 Å². The third-order valence-corrected chi connectivity index (χ3v) is 4.80. The second-order valence-electron chi connectivity index (χ2n) is 4.62. The highest BCUT2D eigenvalue weighted by Crippen LogP contribution is 2.39. The fourth-order valence-corrected chi connectivity index (χ4v) is 3.28. The van der Waals surface area contributed by atoms with E-state index in [1.165, 1.54) is 0 Å². The Morgan fingerprint density at radius 1 is 1.00 bits per heavy atom. The molecule has 0 radical (unpaired) electrons. The summed E-state index contributed by atoms with van der Waals surface area (Å²) in [5.74, 6) is 0. The van der Waals surface area contributed by atoms with Crippen LogP contribution >= 0.6 is 30.3 Å². The largest absolute Gasteiger partial charge is 0.354 e. The molecule has 2 rings (SSSR count). The zero-order chi connectivity index (χ0) is 14.0. The number of para-hydroxylation sites is 1. The molecular formula is C14H14Cl2NOP. The van der Waals surface area contributed by atoms with E-state index in [1.54, 1.807) is 31.5 Å². The maximum atomic E-state index is 12.3. The number of benzene rings is 2. The van der Waals surface area contributed by atoms with Crippen LogP contribution in [-0.2, 0) is 4.57 Å². The summed E-state index contributed by atoms with van der Waals surface area (Å²) in [4.78, 5) is 0. The van der Waals surface area contributed by atoms with Crippen molar-refractivity contribution in [1.29, 1.82) is 0 Å². The molecule has 0 spiro atoms. The quantitative estimate of drug-likeness (QED) is 0.809. The third-order valence-electron chi connectivity index (χ3n) is 2.68. The summed E-state index contributed by atoms with van der Waals surface area (Å²) in [5, 5.41) is 5.17. The lowest BCUT2D eigenvalue weighted by atomic mass is 10.2. The molecule has 0 saturated heterocycles. The molecule has 0 aliphatic rings. The van der Waals surface area contributed by atoms with E-state index in [9.17, 15) is 4.57 Å². The van der Waals surface area contributed by atoms with Gasteiger partial charge in [0.05, 0.1) is 10.7 Å². The van der Waals surface area contributed by atoms with E-state index in [0.717, 1.165) is 11.0 Å². The van der Waals surface area contributed by atoms with Gasteiger partial charge < -0.3 is 9.88 Å². The molecule has 0 aliphatic carbocycles. The first kappa shape index (κ1) is 14.5. The fraction of sp³-hybridized carbons (Fsp3) is 0.143. The van der Waals surface area contributed by atoms with Crippen LogP contribution in [0.1, 0.15) is 0 Å². The van der Waals surface area contributed by atoms with Gasteiger partial charge in [0.2, 0.25) is 0 Å². The van der Waals surface area contributed by atoms with Crippen molar-refractivity contribution in [2.24, 2.45) is 0 Å². The van der Waals surface area contributed by atoms with Gasteiger partial charge in [-0.2, -0.15) is 0 Å². The monoisotopic (exact) mass is 313 g/mol. The van der Waals surface area contributed by atoms with Crippen LogP contribution in [0.15, 0.2) is 42.5 Å². The van der Waals surface area contributed by atoms with Gasteiger partial charge in [0.1, 0.15) is 7.14 Å². The number of anilines is 2. The third kappa shape index (κ3) is 3.54. The predicted molar refractivity (Wildman–Crippen MR) is 85.3 cm³/mol. The Morgan fingerprint density at radius 2 is 1.68 bits per heavy atom. The Bertz CT molecular complexity index is 652. The molecule has 2 aromatic carbocycles. The highest BCUT2D eigenvalue weighted by atomic mass is 35.5. The van der Waals surface area contributed by atoms with Crippen LogP contribution in [0.25, 0.3) is 0 Å². The topological polar surface area (TPSA) is 29.1 Å². The Hall–Kier alpha value is -0.950. The maximum Gasteiger partial charge on any atom is 0.111 e. The average molecular weight is 314 g/mol. The van der Waals surface area contributed by atoms with Gasteiger partial charge in [-0.05, 0) is 43.7 Å². The standard InChI is InChI=1S/C14H14Cl2NOP/c1-19(2,18)14-6-4-3-5-12(14)17-13-9-10(15)7-8-11(13)16/h3-9,17H,1-2H3. The molecule has 2 nitrogen and oxygen atoms in total. The van der Waals surface area contributed by atoms with Gasteiger partial charge in [0.25, 0.3) is 0 Å². The highest BCUT2D eigenvalue weighted by molar-refractivity contribution is 7.70. The van der Waals surface area contributed by atoms with Crippen molar-refractivity contribution in [2.45, 2.75) is 0 Å². The molecule has 0 saturated carbocycles. The SMILES string of the molecule is CP(C)(=O)c1ccccc1Nc1cc(Cl)ccc1Cl. The predicted octanol–water partition coefficient (Wildman–Crippen LogP) is 4.99. The molecule has 0 amide bonds. The highest BCUT2D eigenvalue weighted by Gasteiger charge is 2.16. The second kappa shape index (κ2) is 5.58. The normalized spacial score (nSPS) is 11.4. The van der Waals surface area contributed by atoms with Gasteiger partial charge in [-0.1, -0.05) is 35.3 Å². The molecule has 0 aliphatic heterocycles. The summed E-state index contributed by atoms with van der Waals surface area (Å²) in [5.41, 5.74) is 1.50. The number of nitrogens with one attached hydrogen (secondary N) is 1. The van der Waals surface area contributed by atoms with Crippen LogP contribution in [0.2, 0.25) is 10.0 Å². The smallest absolute Gasteiger partial charge is 0.111 e. The minimum atomic E-state index is -2.36. The van der Waals surface area contributed by atoms with E-state index in [-0.39, 0.29) is 0 Å². The number of halogens is 2. The molecule has 0 fully saturated rings. The molecule has 5 heteroatoms. The summed E-state index contributed by atoms with van der Waals surface area (Å²) in [6, 6.07) is 12.7. The lowest BCUT2D eigenvalue weighted by Crippen LogP contribution is -2.09. The first-order valence-corrected chi connectivity index (χ1v) is 9.10. The summed E-state index contributed by atoms with van der Waals surface area (Å²) >= 11 is 12.1. The van der Waals surface area contributed by atoms with Crippen molar-refractivity contribution < 1.29 is 4.57 Å². The van der Waals surface area contributed by atoms with Crippen molar-refractivity contribution in [2.75, 3.05) is 18.6 Å². The Balaban J connectivity index is 2.44.